The van der Waals surface area contributed by atoms with Gasteiger partial charge in [0.25, 0.3) is 0 Å². The average Bonchev–Trinajstić information content (AvgIpc) is 2.70. The molecule has 0 N–H and O–H groups in total. The van der Waals surface area contributed by atoms with Gasteiger partial charge in [0, 0.05) is 5.92 Å². The minimum Gasteiger partial charge on any atom is -0.298 e. The number of hydrogen-bond acceptors (Lipinski definition) is 1. The van der Waals surface area contributed by atoms with Gasteiger partial charge in [0.2, 0.25) is 0 Å². The first kappa shape index (κ1) is 7.22. The highest BCUT2D eigenvalue weighted by atomic mass is 79.9. The molecule has 4 rings (SSSR count). The molecule has 0 radical (unpaired) electrons. The van der Waals surface area contributed by atoms with Gasteiger partial charge in [-0.15, -0.1) is 0 Å². The van der Waals surface area contributed by atoms with E-state index in [0.29, 0.717) is 23.5 Å². The van der Waals surface area contributed by atoms with Crippen molar-refractivity contribution in [1.82, 2.24) is 0 Å². The van der Waals surface area contributed by atoms with Crippen molar-refractivity contribution in [3.05, 3.63) is 12.2 Å². The quantitative estimate of drug-likeness (QED) is 0.467. The van der Waals surface area contributed by atoms with Gasteiger partial charge in [0.1, 0.15) is 0 Å². The van der Waals surface area contributed by atoms with Crippen LogP contribution in [0, 0.1) is 35.5 Å². The first-order valence-electron chi connectivity index (χ1n) is 5.15. The lowest BCUT2D eigenvalue weighted by atomic mass is 9.79. The number of halogens is 1. The fourth-order valence-electron chi connectivity index (χ4n) is 4.53. The molecule has 3 fully saturated rings. The summed E-state index contributed by atoms with van der Waals surface area (Å²) in [6.07, 6.45) is 6.04. The molecule has 4 aliphatic rings. The Bertz CT molecular complexity index is 335. The fraction of sp³-hybridized carbons (Fsp3) is 0.727. The molecule has 7 atom stereocenters. The molecule has 0 unspecified atom stereocenters. The SMILES string of the molecule is O=C1[C@H]2[C@H]3C=C[C@@H]4[C@H]3C[C@H]2[C@@H]4[C@@H]1Br. The van der Waals surface area contributed by atoms with Gasteiger partial charge in [-0.05, 0) is 36.0 Å². The van der Waals surface area contributed by atoms with E-state index in [0.717, 1.165) is 17.8 Å². The summed E-state index contributed by atoms with van der Waals surface area (Å²) in [6.45, 7) is 0. The molecule has 2 bridgehead atoms. The third-order valence-electron chi connectivity index (χ3n) is 4.84. The van der Waals surface area contributed by atoms with E-state index in [9.17, 15) is 4.79 Å². The topological polar surface area (TPSA) is 17.1 Å². The molecule has 2 heteroatoms. The Kier molecular flexibility index (Phi) is 1.08. The second-order valence-corrected chi connectivity index (χ2v) is 6.00. The van der Waals surface area contributed by atoms with Gasteiger partial charge in [-0.25, -0.2) is 0 Å². The molecule has 0 aromatic rings. The first-order chi connectivity index (χ1) is 6.29. The summed E-state index contributed by atoms with van der Waals surface area (Å²) >= 11 is 3.60. The zero-order chi connectivity index (χ0) is 8.74. The fourth-order valence-corrected chi connectivity index (χ4v) is 5.58. The maximum atomic E-state index is 11.9. The van der Waals surface area contributed by atoms with Gasteiger partial charge in [-0.1, -0.05) is 28.1 Å². The molecule has 1 nitrogen and oxygen atoms in total. The van der Waals surface area contributed by atoms with Crippen LogP contribution in [0.1, 0.15) is 6.42 Å². The van der Waals surface area contributed by atoms with E-state index in [2.05, 4.69) is 28.1 Å². The Morgan fingerprint density at radius 1 is 1.23 bits per heavy atom. The number of rotatable bonds is 0. The van der Waals surface area contributed by atoms with E-state index >= 15 is 0 Å². The van der Waals surface area contributed by atoms with Gasteiger partial charge >= 0.3 is 0 Å². The van der Waals surface area contributed by atoms with Crippen molar-refractivity contribution in [2.75, 3.05) is 0 Å². The number of hydrogen-bond donors (Lipinski definition) is 0. The van der Waals surface area contributed by atoms with Crippen molar-refractivity contribution in [3.63, 3.8) is 0 Å². The average molecular weight is 239 g/mol. The van der Waals surface area contributed by atoms with Crippen LogP contribution in [0.25, 0.3) is 0 Å². The van der Waals surface area contributed by atoms with Crippen LogP contribution >= 0.6 is 15.9 Å². The summed E-state index contributed by atoms with van der Waals surface area (Å²) < 4.78 is 0. The van der Waals surface area contributed by atoms with Crippen molar-refractivity contribution in [2.45, 2.75) is 11.2 Å². The Labute approximate surface area is 85.7 Å². The predicted molar refractivity (Wildman–Crippen MR) is 52.4 cm³/mol. The van der Waals surface area contributed by atoms with E-state index < -0.39 is 0 Å². The lowest BCUT2D eigenvalue weighted by molar-refractivity contribution is -0.121. The van der Waals surface area contributed by atoms with Crippen molar-refractivity contribution in [3.8, 4) is 0 Å². The van der Waals surface area contributed by atoms with Gasteiger partial charge in [-0.2, -0.15) is 0 Å². The van der Waals surface area contributed by atoms with Crippen LogP contribution in [0.2, 0.25) is 0 Å². The summed E-state index contributed by atoms with van der Waals surface area (Å²) in [7, 11) is 0. The molecular formula is C11H11BrO. The van der Waals surface area contributed by atoms with Crippen LogP contribution in [-0.2, 0) is 4.79 Å². The van der Waals surface area contributed by atoms with Crippen molar-refractivity contribution < 1.29 is 4.79 Å². The molecule has 0 amide bonds. The third kappa shape index (κ3) is 0.577. The largest absolute Gasteiger partial charge is 0.298 e. The highest BCUT2D eigenvalue weighted by Crippen LogP contribution is 2.68. The zero-order valence-corrected chi connectivity index (χ0v) is 8.78. The lowest BCUT2D eigenvalue weighted by Crippen LogP contribution is -2.24. The molecule has 0 spiro atoms. The van der Waals surface area contributed by atoms with Gasteiger partial charge in [0.15, 0.2) is 5.78 Å². The number of carbonyl (C=O) groups is 1. The molecule has 0 aromatic carbocycles. The van der Waals surface area contributed by atoms with Crippen LogP contribution in [0.5, 0.6) is 0 Å². The van der Waals surface area contributed by atoms with E-state index in [-0.39, 0.29) is 4.83 Å². The number of allylic oxidation sites excluding steroid dienone is 2. The Morgan fingerprint density at radius 2 is 2.00 bits per heavy atom. The van der Waals surface area contributed by atoms with E-state index in [1.807, 2.05) is 0 Å². The summed E-state index contributed by atoms with van der Waals surface area (Å²) in [5.41, 5.74) is 0. The van der Waals surface area contributed by atoms with Crippen LogP contribution in [0.3, 0.4) is 0 Å². The minimum atomic E-state index is 0.187. The maximum Gasteiger partial charge on any atom is 0.150 e. The number of carbonyl (C=O) groups excluding carboxylic acids is 1. The lowest BCUT2D eigenvalue weighted by Gasteiger charge is -2.25. The smallest absolute Gasteiger partial charge is 0.150 e. The first-order valence-corrected chi connectivity index (χ1v) is 6.07. The van der Waals surface area contributed by atoms with Gasteiger partial charge in [0.05, 0.1) is 4.83 Å². The highest BCUT2D eigenvalue weighted by molar-refractivity contribution is 9.10. The van der Waals surface area contributed by atoms with E-state index in [1.165, 1.54) is 6.42 Å². The summed E-state index contributed by atoms with van der Waals surface area (Å²) in [6, 6.07) is 0. The van der Waals surface area contributed by atoms with Crippen molar-refractivity contribution in [2.24, 2.45) is 35.5 Å². The summed E-state index contributed by atoms with van der Waals surface area (Å²) in [5, 5.41) is 0. The molecule has 0 aromatic heterocycles. The molecule has 4 aliphatic carbocycles. The second-order valence-electron chi connectivity index (χ2n) is 5.01. The predicted octanol–water partition coefficient (Wildman–Crippen LogP) is 2.02. The Hall–Kier alpha value is -0.110. The number of ketones is 1. The number of fused-ring (bicyclic) bond motifs is 2. The summed E-state index contributed by atoms with van der Waals surface area (Å²) in [5.74, 6) is 4.49. The maximum absolute atomic E-state index is 11.9. The summed E-state index contributed by atoms with van der Waals surface area (Å²) in [4.78, 5) is 12.1. The van der Waals surface area contributed by atoms with Crippen molar-refractivity contribution in [1.29, 1.82) is 0 Å². The van der Waals surface area contributed by atoms with E-state index in [4.69, 9.17) is 0 Å². The molecule has 0 saturated heterocycles. The van der Waals surface area contributed by atoms with Crippen molar-refractivity contribution >= 4 is 21.7 Å². The Morgan fingerprint density at radius 3 is 2.85 bits per heavy atom. The minimum absolute atomic E-state index is 0.187. The van der Waals surface area contributed by atoms with E-state index in [1.54, 1.807) is 0 Å². The second kappa shape index (κ2) is 1.95. The molecule has 68 valence electrons. The molecule has 3 saturated carbocycles. The highest BCUT2D eigenvalue weighted by Gasteiger charge is 2.67. The zero-order valence-electron chi connectivity index (χ0n) is 7.19. The monoisotopic (exact) mass is 238 g/mol. The number of alkyl halides is 1. The molecule has 13 heavy (non-hydrogen) atoms. The van der Waals surface area contributed by atoms with Gasteiger partial charge in [-0.3, -0.25) is 4.79 Å². The Balaban J connectivity index is 1.96. The third-order valence-corrected chi connectivity index (χ3v) is 5.90. The standard InChI is InChI=1S/C11H11BrO/c12-10-8-4-1-2-5-6(4)3-7(8)9(5)11(10)13/h1-2,4-10H,3H2/t4-,5+,6-,7+,8-,9+,10+/m1/s1. The molecular weight excluding hydrogens is 228 g/mol. The van der Waals surface area contributed by atoms with Crippen LogP contribution in [-0.4, -0.2) is 10.6 Å². The molecule has 0 heterocycles. The molecule has 0 aliphatic heterocycles. The van der Waals surface area contributed by atoms with Crippen LogP contribution < -0.4 is 0 Å². The van der Waals surface area contributed by atoms with Crippen LogP contribution in [0.15, 0.2) is 12.2 Å². The van der Waals surface area contributed by atoms with Crippen LogP contribution in [0.4, 0.5) is 0 Å². The normalized spacial score (nSPS) is 65.6. The van der Waals surface area contributed by atoms with Gasteiger partial charge < -0.3 is 0 Å². The number of Topliss-reactive ketones (excluding diaryl/α,β-unsaturated/α-hetero) is 1.